The van der Waals surface area contributed by atoms with Gasteiger partial charge in [0.25, 0.3) is 5.91 Å². The van der Waals surface area contributed by atoms with Crippen LogP contribution in [0.2, 0.25) is 0 Å². The van der Waals surface area contributed by atoms with Gasteiger partial charge in [-0.25, -0.2) is 4.79 Å². The van der Waals surface area contributed by atoms with Crippen LogP contribution in [0.5, 0.6) is 0 Å². The van der Waals surface area contributed by atoms with E-state index in [2.05, 4.69) is 10.6 Å². The fraction of sp³-hybridized carbons (Fsp3) is 0.500. The van der Waals surface area contributed by atoms with Crippen LogP contribution < -0.4 is 10.6 Å². The molecule has 1 aliphatic rings. The van der Waals surface area contributed by atoms with Gasteiger partial charge in [-0.05, 0) is 78.5 Å². The van der Waals surface area contributed by atoms with E-state index in [0.29, 0.717) is 30.2 Å². The van der Waals surface area contributed by atoms with Crippen molar-refractivity contribution in [3.8, 4) is 11.1 Å². The van der Waals surface area contributed by atoms with Gasteiger partial charge in [0.1, 0.15) is 6.04 Å². The fourth-order valence-electron chi connectivity index (χ4n) is 4.89. The molecule has 1 aliphatic carbocycles. The monoisotopic (exact) mass is 506 g/mol. The summed E-state index contributed by atoms with van der Waals surface area (Å²) < 4.78 is 0. The summed E-state index contributed by atoms with van der Waals surface area (Å²) >= 11 is 1.55. The first kappa shape index (κ1) is 30.5. The van der Waals surface area contributed by atoms with Crippen molar-refractivity contribution < 1.29 is 19.8 Å². The van der Waals surface area contributed by atoms with Crippen LogP contribution >= 0.6 is 11.8 Å². The van der Waals surface area contributed by atoms with Crippen molar-refractivity contribution in [3.05, 3.63) is 59.2 Å². The summed E-state index contributed by atoms with van der Waals surface area (Å²) in [4.78, 5) is 24.9. The quantitative estimate of drug-likeness (QED) is 0.325. The maximum absolute atomic E-state index is 13.2. The molecular formula is C28H39LiN2O4S. The third-order valence-corrected chi connectivity index (χ3v) is 7.61. The second kappa shape index (κ2) is 15.5. The van der Waals surface area contributed by atoms with E-state index in [1.54, 1.807) is 17.8 Å². The van der Waals surface area contributed by atoms with Gasteiger partial charge in [0.05, 0.1) is 6.61 Å². The van der Waals surface area contributed by atoms with Gasteiger partial charge in [-0.3, -0.25) is 4.79 Å². The topological polar surface area (TPSA) is 98.7 Å². The zero-order chi connectivity index (χ0) is 25.2. The fourth-order valence-corrected chi connectivity index (χ4v) is 5.36. The Bertz CT molecular complexity index is 997. The Morgan fingerprint density at radius 1 is 1.08 bits per heavy atom. The molecule has 0 radical (unpaired) electrons. The van der Waals surface area contributed by atoms with Gasteiger partial charge in [0.2, 0.25) is 0 Å². The van der Waals surface area contributed by atoms with Crippen LogP contribution in [0.1, 0.15) is 60.0 Å². The molecule has 2 atom stereocenters. The van der Waals surface area contributed by atoms with Crippen LogP contribution in [-0.2, 0) is 11.3 Å². The van der Waals surface area contributed by atoms with Crippen LogP contribution in [0.4, 0.5) is 0 Å². The molecule has 0 saturated heterocycles. The molecule has 1 unspecified atom stereocenters. The molecule has 0 spiro atoms. The van der Waals surface area contributed by atoms with Gasteiger partial charge in [0.15, 0.2) is 0 Å². The van der Waals surface area contributed by atoms with E-state index in [9.17, 15) is 19.8 Å². The number of benzene rings is 2. The number of nitrogens with one attached hydrogen (secondary N) is 2. The van der Waals surface area contributed by atoms with Crippen molar-refractivity contribution in [2.24, 2.45) is 5.92 Å². The number of aliphatic hydroxyl groups is 1. The first-order valence-corrected chi connectivity index (χ1v) is 13.9. The molecule has 8 heteroatoms. The summed E-state index contributed by atoms with van der Waals surface area (Å²) in [5, 5.41) is 25.8. The minimum atomic E-state index is -1.02. The Balaban J connectivity index is 0.00000456. The molecule has 2 aromatic carbocycles. The third kappa shape index (κ3) is 8.39. The van der Waals surface area contributed by atoms with E-state index in [0.717, 1.165) is 35.1 Å². The molecule has 192 valence electrons. The summed E-state index contributed by atoms with van der Waals surface area (Å²) in [6.07, 6.45) is 8.29. The Hall–Kier alpha value is -1.75. The van der Waals surface area contributed by atoms with Crippen LogP contribution in [0.15, 0.2) is 42.5 Å². The van der Waals surface area contributed by atoms with Gasteiger partial charge in [-0.1, -0.05) is 49.6 Å². The van der Waals surface area contributed by atoms with E-state index in [4.69, 9.17) is 0 Å². The Morgan fingerprint density at radius 2 is 1.81 bits per heavy atom. The minimum absolute atomic E-state index is 0. The van der Waals surface area contributed by atoms with E-state index in [1.165, 1.54) is 19.3 Å². The number of aliphatic carboxylic acids is 1. The molecule has 0 aromatic heterocycles. The summed E-state index contributed by atoms with van der Waals surface area (Å²) in [6, 6.07) is 12.7. The number of carboxylic acids is 1. The molecule has 1 fully saturated rings. The zero-order valence-corrected chi connectivity index (χ0v) is 21.6. The molecule has 4 N–H and O–H groups in total. The van der Waals surface area contributed by atoms with Crippen molar-refractivity contribution in [1.82, 2.24) is 10.6 Å². The van der Waals surface area contributed by atoms with Crippen LogP contribution in [0, 0.1) is 12.8 Å². The first-order chi connectivity index (χ1) is 16.9. The second-order valence-corrected chi connectivity index (χ2v) is 10.4. The number of carboxylic acid groups (broad SMARTS) is 1. The molecule has 6 nitrogen and oxygen atoms in total. The number of hydrogen-bond donors (Lipinski definition) is 4. The average Bonchev–Trinajstić information content (AvgIpc) is 2.87. The van der Waals surface area contributed by atoms with Gasteiger partial charge >= 0.3 is 24.8 Å². The van der Waals surface area contributed by atoms with Gasteiger partial charge in [0, 0.05) is 18.2 Å². The molecule has 0 bridgehead atoms. The van der Waals surface area contributed by atoms with Crippen molar-refractivity contribution in [2.45, 2.75) is 64.1 Å². The number of amides is 1. The van der Waals surface area contributed by atoms with Crippen molar-refractivity contribution in [2.75, 3.05) is 18.6 Å². The maximum atomic E-state index is 13.2. The number of aliphatic hydroxyl groups excluding tert-OH is 1. The van der Waals surface area contributed by atoms with Gasteiger partial charge < -0.3 is 20.8 Å². The van der Waals surface area contributed by atoms with Crippen LogP contribution in [-0.4, -0.2) is 71.6 Å². The summed E-state index contributed by atoms with van der Waals surface area (Å²) in [6.45, 7) is 2.71. The number of hydrogen-bond acceptors (Lipinski definition) is 5. The Morgan fingerprint density at radius 3 is 2.44 bits per heavy atom. The standard InChI is InChI=1S/C28H38N2O4S.Li.H/c1-19-8-6-7-11-22(19)24-16-20(17-29-26(18-31)21-9-4-3-5-10-21)12-13-23(24)27(32)30-25(28(33)34)14-15-35-2;;/h6-8,11-13,16,21,25-26,29,31H,3-5,9-10,14-15,17-18H2,1-2H3,(H,30,32)(H,33,34);;/t25-,26?;;/m0../s1. The van der Waals surface area contributed by atoms with E-state index >= 15 is 0 Å². The van der Waals surface area contributed by atoms with E-state index in [-0.39, 0.29) is 37.4 Å². The van der Waals surface area contributed by atoms with Gasteiger partial charge in [-0.2, -0.15) is 11.8 Å². The Kier molecular flexibility index (Phi) is 13.1. The van der Waals surface area contributed by atoms with Crippen molar-refractivity contribution in [1.29, 1.82) is 0 Å². The number of thioether (sulfide) groups is 1. The molecule has 0 aliphatic heterocycles. The average molecular weight is 507 g/mol. The molecule has 0 heterocycles. The molecular weight excluding hydrogens is 467 g/mol. The van der Waals surface area contributed by atoms with Crippen molar-refractivity contribution >= 4 is 42.5 Å². The summed E-state index contributed by atoms with van der Waals surface area (Å²) in [5.74, 6) is -0.265. The number of carbonyl (C=O) groups is 2. The zero-order valence-electron chi connectivity index (χ0n) is 20.8. The van der Waals surface area contributed by atoms with Gasteiger partial charge in [-0.15, -0.1) is 0 Å². The SMILES string of the molecule is CSCC[C@H](NC(=O)c1ccc(CNC(CO)C2CCCCC2)cc1-c1ccccc1C)C(=O)O.[LiH]. The third-order valence-electron chi connectivity index (χ3n) is 6.96. The molecule has 1 amide bonds. The second-order valence-electron chi connectivity index (χ2n) is 9.41. The number of rotatable bonds is 12. The predicted octanol–water partition coefficient (Wildman–Crippen LogP) is 3.98. The molecule has 1 saturated carbocycles. The van der Waals surface area contributed by atoms with Crippen LogP contribution in [0.3, 0.4) is 0 Å². The summed E-state index contributed by atoms with van der Waals surface area (Å²) in [7, 11) is 0. The Labute approximate surface area is 231 Å². The number of aryl methyl sites for hydroxylation is 1. The predicted molar refractivity (Wildman–Crippen MR) is 150 cm³/mol. The van der Waals surface area contributed by atoms with E-state index < -0.39 is 12.0 Å². The molecule has 36 heavy (non-hydrogen) atoms. The molecule has 3 rings (SSSR count). The normalized spacial score (nSPS) is 15.5. The first-order valence-electron chi connectivity index (χ1n) is 12.5. The van der Waals surface area contributed by atoms with Crippen molar-refractivity contribution in [3.63, 3.8) is 0 Å². The van der Waals surface area contributed by atoms with E-state index in [1.807, 2.05) is 49.6 Å². The summed E-state index contributed by atoms with van der Waals surface area (Å²) in [5.41, 5.74) is 4.25. The molecule has 2 aromatic rings. The van der Waals surface area contributed by atoms with Crippen LogP contribution in [0.25, 0.3) is 11.1 Å². The number of carbonyl (C=O) groups excluding carboxylic acids is 1.